The lowest BCUT2D eigenvalue weighted by molar-refractivity contribution is 0.540. The topological polar surface area (TPSA) is 74.3 Å². The van der Waals surface area contributed by atoms with Crippen molar-refractivity contribution in [2.24, 2.45) is 0 Å². The molecule has 0 saturated carbocycles. The summed E-state index contributed by atoms with van der Waals surface area (Å²) in [5, 5.41) is 20.5. The normalized spacial score (nSPS) is 12.4. The van der Waals surface area contributed by atoms with E-state index in [2.05, 4.69) is 45.3 Å². The molecule has 29 heavy (non-hydrogen) atoms. The van der Waals surface area contributed by atoms with Gasteiger partial charge in [-0.1, -0.05) is 22.9 Å². The Morgan fingerprint density at radius 1 is 1.14 bits per heavy atom. The van der Waals surface area contributed by atoms with E-state index in [1.807, 2.05) is 47.7 Å². The van der Waals surface area contributed by atoms with Gasteiger partial charge >= 0.3 is 0 Å². The number of nitrogens with zero attached hydrogens (tertiary/aromatic N) is 7. The van der Waals surface area contributed by atoms with E-state index in [-0.39, 0.29) is 6.04 Å². The molecule has 0 fully saturated rings. The molecule has 1 atom stereocenters. The van der Waals surface area contributed by atoms with Crippen molar-refractivity contribution in [3.8, 4) is 0 Å². The molecule has 150 valence electrons. The summed E-state index contributed by atoms with van der Waals surface area (Å²) in [4.78, 5) is 4.30. The van der Waals surface area contributed by atoms with Crippen molar-refractivity contribution < 1.29 is 0 Å². The zero-order chi connectivity index (χ0) is 20.5. The molecular weight excluding hydrogens is 406 g/mol. The van der Waals surface area contributed by atoms with E-state index in [9.17, 15) is 0 Å². The second-order valence-corrected chi connectivity index (χ2v) is 8.67. The standard InChI is InChI=1S/C20H22ClN7S/c1-12-7-13(2)28(25-12)15(4)20-24-23-19(29-20)9-17-5-6-27(26-17)11-16-8-18(21)14(3)22-10-16/h5-8,10,15H,9,11H2,1-4H3. The summed E-state index contributed by atoms with van der Waals surface area (Å²) in [5.41, 5.74) is 4.94. The fraction of sp³-hybridized carbons (Fsp3) is 0.350. The molecular formula is C20H22ClN7S. The molecule has 0 aliphatic carbocycles. The van der Waals surface area contributed by atoms with E-state index in [1.54, 1.807) is 11.3 Å². The van der Waals surface area contributed by atoms with Crippen molar-refractivity contribution in [2.45, 2.75) is 46.7 Å². The molecule has 4 heterocycles. The van der Waals surface area contributed by atoms with Crippen LogP contribution < -0.4 is 0 Å². The van der Waals surface area contributed by atoms with Gasteiger partial charge in [0.05, 0.1) is 28.6 Å². The van der Waals surface area contributed by atoms with Crippen LogP contribution in [0.5, 0.6) is 0 Å². The molecule has 0 radical (unpaired) electrons. The molecule has 9 heteroatoms. The van der Waals surface area contributed by atoms with E-state index in [0.717, 1.165) is 38.4 Å². The second-order valence-electron chi connectivity index (χ2n) is 7.17. The number of hydrogen-bond donors (Lipinski definition) is 0. The monoisotopic (exact) mass is 427 g/mol. The van der Waals surface area contributed by atoms with Crippen molar-refractivity contribution in [1.29, 1.82) is 0 Å². The molecule has 0 aliphatic heterocycles. The molecule has 4 aromatic rings. The first-order valence-electron chi connectivity index (χ1n) is 9.37. The van der Waals surface area contributed by atoms with E-state index in [0.29, 0.717) is 18.0 Å². The number of rotatable bonds is 6. The van der Waals surface area contributed by atoms with Crippen LogP contribution >= 0.6 is 22.9 Å². The van der Waals surface area contributed by atoms with Crippen molar-refractivity contribution in [3.05, 3.63) is 74.0 Å². The molecule has 0 aliphatic rings. The molecule has 7 nitrogen and oxygen atoms in total. The smallest absolute Gasteiger partial charge is 0.141 e. The Labute approximate surface area is 178 Å². The fourth-order valence-electron chi connectivity index (χ4n) is 3.21. The third-order valence-electron chi connectivity index (χ3n) is 4.71. The van der Waals surface area contributed by atoms with Crippen LogP contribution in [0.3, 0.4) is 0 Å². The van der Waals surface area contributed by atoms with Gasteiger partial charge in [-0.15, -0.1) is 10.2 Å². The van der Waals surface area contributed by atoms with Gasteiger partial charge in [0.2, 0.25) is 0 Å². The van der Waals surface area contributed by atoms with E-state index in [4.69, 9.17) is 11.6 Å². The minimum absolute atomic E-state index is 0.0614. The van der Waals surface area contributed by atoms with Crippen LogP contribution in [-0.4, -0.2) is 34.7 Å². The highest BCUT2D eigenvalue weighted by molar-refractivity contribution is 7.11. The van der Waals surface area contributed by atoms with Crippen molar-refractivity contribution in [1.82, 2.24) is 34.7 Å². The largest absolute Gasteiger partial charge is 0.268 e. The highest BCUT2D eigenvalue weighted by Gasteiger charge is 2.17. The van der Waals surface area contributed by atoms with Gasteiger partial charge in [0.15, 0.2) is 0 Å². The Hall–Kier alpha value is -2.58. The van der Waals surface area contributed by atoms with Gasteiger partial charge in [0, 0.05) is 24.5 Å². The number of halogens is 1. The first-order chi connectivity index (χ1) is 13.9. The average molecular weight is 428 g/mol. The van der Waals surface area contributed by atoms with Crippen molar-refractivity contribution in [3.63, 3.8) is 0 Å². The summed E-state index contributed by atoms with van der Waals surface area (Å²) >= 11 is 7.77. The number of hydrogen-bond acceptors (Lipinski definition) is 6. The third-order valence-corrected chi connectivity index (χ3v) is 6.18. The van der Waals surface area contributed by atoms with Crippen LogP contribution in [0.15, 0.2) is 30.6 Å². The van der Waals surface area contributed by atoms with E-state index >= 15 is 0 Å². The second kappa shape index (κ2) is 8.04. The Morgan fingerprint density at radius 2 is 1.97 bits per heavy atom. The Balaban J connectivity index is 1.44. The summed E-state index contributed by atoms with van der Waals surface area (Å²) < 4.78 is 3.88. The minimum atomic E-state index is 0.0614. The van der Waals surface area contributed by atoms with Crippen LogP contribution in [-0.2, 0) is 13.0 Å². The van der Waals surface area contributed by atoms with Gasteiger partial charge in [-0.25, -0.2) is 0 Å². The maximum atomic E-state index is 6.16. The van der Waals surface area contributed by atoms with Crippen LogP contribution in [0.4, 0.5) is 0 Å². The molecule has 0 aromatic carbocycles. The highest BCUT2D eigenvalue weighted by Crippen LogP contribution is 2.24. The van der Waals surface area contributed by atoms with Crippen molar-refractivity contribution in [2.75, 3.05) is 0 Å². The molecule has 0 saturated heterocycles. The first kappa shape index (κ1) is 19.7. The Kier molecular flexibility index (Phi) is 5.47. The summed E-state index contributed by atoms with van der Waals surface area (Å²) in [6, 6.07) is 6.07. The van der Waals surface area contributed by atoms with E-state index < -0.39 is 0 Å². The lowest BCUT2D eigenvalue weighted by Crippen LogP contribution is -2.10. The molecule has 1 unspecified atom stereocenters. The summed E-state index contributed by atoms with van der Waals surface area (Å²) in [5.74, 6) is 0. The maximum absolute atomic E-state index is 6.16. The molecule has 4 aromatic heterocycles. The quantitative estimate of drug-likeness (QED) is 0.462. The molecule has 0 N–H and O–H groups in total. The summed E-state index contributed by atoms with van der Waals surface area (Å²) in [6.07, 6.45) is 4.45. The van der Waals surface area contributed by atoms with Gasteiger partial charge in [-0.05, 0) is 51.5 Å². The van der Waals surface area contributed by atoms with Gasteiger partial charge in [-0.3, -0.25) is 14.3 Å². The minimum Gasteiger partial charge on any atom is -0.268 e. The molecule has 0 amide bonds. The number of aromatic nitrogens is 7. The predicted molar refractivity (Wildman–Crippen MR) is 114 cm³/mol. The maximum Gasteiger partial charge on any atom is 0.141 e. The molecule has 0 spiro atoms. The SMILES string of the molecule is Cc1cc(C)n(C(C)c2nnc(Cc3ccn(Cc4cnc(C)c(Cl)c4)n3)s2)n1. The average Bonchev–Trinajstić information content (AvgIpc) is 3.39. The molecule has 4 rings (SSSR count). The summed E-state index contributed by atoms with van der Waals surface area (Å²) in [7, 11) is 0. The number of aryl methyl sites for hydroxylation is 3. The van der Waals surface area contributed by atoms with Gasteiger partial charge in [0.1, 0.15) is 16.1 Å². The third kappa shape index (κ3) is 4.38. The fourth-order valence-corrected chi connectivity index (χ4v) is 4.29. The zero-order valence-electron chi connectivity index (χ0n) is 16.8. The van der Waals surface area contributed by atoms with Gasteiger partial charge in [0.25, 0.3) is 0 Å². The summed E-state index contributed by atoms with van der Waals surface area (Å²) in [6.45, 7) is 8.67. The number of pyridine rings is 1. The van der Waals surface area contributed by atoms with Crippen LogP contribution in [0.1, 0.15) is 51.3 Å². The first-order valence-corrected chi connectivity index (χ1v) is 10.6. The van der Waals surface area contributed by atoms with Crippen molar-refractivity contribution >= 4 is 22.9 Å². The zero-order valence-corrected chi connectivity index (χ0v) is 18.4. The Bertz CT molecular complexity index is 1140. The lowest BCUT2D eigenvalue weighted by atomic mass is 10.2. The van der Waals surface area contributed by atoms with Crippen LogP contribution in [0.2, 0.25) is 5.02 Å². The van der Waals surface area contributed by atoms with Gasteiger partial charge < -0.3 is 0 Å². The van der Waals surface area contributed by atoms with Gasteiger partial charge in [-0.2, -0.15) is 10.2 Å². The lowest BCUT2D eigenvalue weighted by Gasteiger charge is -2.10. The van der Waals surface area contributed by atoms with Crippen LogP contribution in [0.25, 0.3) is 0 Å². The molecule has 0 bridgehead atoms. The highest BCUT2D eigenvalue weighted by atomic mass is 35.5. The predicted octanol–water partition coefficient (Wildman–Crippen LogP) is 4.15. The van der Waals surface area contributed by atoms with Crippen LogP contribution in [0, 0.1) is 20.8 Å². The Morgan fingerprint density at radius 3 is 2.69 bits per heavy atom. The van der Waals surface area contributed by atoms with E-state index in [1.165, 1.54) is 0 Å².